The molecule has 3 rings (SSSR count). The van der Waals surface area contributed by atoms with Crippen LogP contribution >= 0.6 is 0 Å². The summed E-state index contributed by atoms with van der Waals surface area (Å²) in [6.07, 6.45) is 0.980. The van der Waals surface area contributed by atoms with E-state index in [4.69, 9.17) is 0 Å². The summed E-state index contributed by atoms with van der Waals surface area (Å²) in [4.78, 5) is 37.7. The van der Waals surface area contributed by atoms with E-state index in [2.05, 4.69) is 5.10 Å². The van der Waals surface area contributed by atoms with Crippen molar-refractivity contribution in [1.29, 1.82) is 0 Å². The number of carboxylic acids is 1. The van der Waals surface area contributed by atoms with Gasteiger partial charge in [0.1, 0.15) is 5.71 Å². The summed E-state index contributed by atoms with van der Waals surface area (Å²) in [5.41, 5.74) is 1.27. The number of carbonyl (C=O) groups is 3. The Morgan fingerprint density at radius 1 is 1.24 bits per heavy atom. The van der Waals surface area contributed by atoms with Crippen LogP contribution in [0.3, 0.4) is 0 Å². The molecule has 2 heterocycles. The van der Waals surface area contributed by atoms with Crippen molar-refractivity contribution in [3.63, 3.8) is 0 Å². The molecule has 2 amide bonds. The van der Waals surface area contributed by atoms with Gasteiger partial charge in [-0.3, -0.25) is 14.4 Å². The van der Waals surface area contributed by atoms with Gasteiger partial charge in [0, 0.05) is 25.4 Å². The predicted molar refractivity (Wildman–Crippen MR) is 90.6 cm³/mol. The van der Waals surface area contributed by atoms with Gasteiger partial charge in [0.15, 0.2) is 0 Å². The first-order valence-corrected chi connectivity index (χ1v) is 8.43. The van der Waals surface area contributed by atoms with E-state index in [1.54, 1.807) is 11.8 Å². The maximum absolute atomic E-state index is 12.7. The molecule has 0 saturated carbocycles. The SMILES string of the molecule is CC1C(C(=O)O)CCN1C(=O)C1=NN(Cc2ccccc2)C(=O)CC1. The normalized spacial score (nSPS) is 23.6. The van der Waals surface area contributed by atoms with E-state index in [9.17, 15) is 19.5 Å². The Morgan fingerprint density at radius 3 is 2.60 bits per heavy atom. The van der Waals surface area contributed by atoms with Crippen molar-refractivity contribution in [2.75, 3.05) is 6.54 Å². The molecule has 1 aromatic rings. The van der Waals surface area contributed by atoms with Gasteiger partial charge in [-0.1, -0.05) is 30.3 Å². The second-order valence-corrected chi connectivity index (χ2v) is 6.46. The lowest BCUT2D eigenvalue weighted by molar-refractivity contribution is -0.142. The summed E-state index contributed by atoms with van der Waals surface area (Å²) >= 11 is 0. The molecule has 0 bridgehead atoms. The highest BCUT2D eigenvalue weighted by atomic mass is 16.4. The monoisotopic (exact) mass is 343 g/mol. The molecule has 1 fully saturated rings. The van der Waals surface area contributed by atoms with Crippen molar-refractivity contribution in [2.45, 2.75) is 38.8 Å². The van der Waals surface area contributed by atoms with Gasteiger partial charge in [0.05, 0.1) is 12.5 Å². The van der Waals surface area contributed by atoms with Crippen LogP contribution in [-0.2, 0) is 20.9 Å². The molecule has 1 saturated heterocycles. The van der Waals surface area contributed by atoms with Gasteiger partial charge in [-0.15, -0.1) is 0 Å². The number of rotatable bonds is 4. The highest BCUT2D eigenvalue weighted by molar-refractivity contribution is 6.39. The molecule has 25 heavy (non-hydrogen) atoms. The Bertz CT molecular complexity index is 716. The van der Waals surface area contributed by atoms with Gasteiger partial charge in [0.25, 0.3) is 5.91 Å². The zero-order chi connectivity index (χ0) is 18.0. The lowest BCUT2D eigenvalue weighted by Crippen LogP contribution is -2.44. The molecule has 0 aromatic heterocycles. The fourth-order valence-electron chi connectivity index (χ4n) is 3.36. The molecular formula is C18H21N3O4. The van der Waals surface area contributed by atoms with Crippen LogP contribution in [0.4, 0.5) is 0 Å². The number of likely N-dealkylation sites (tertiary alicyclic amines) is 1. The molecule has 2 atom stereocenters. The van der Waals surface area contributed by atoms with E-state index in [-0.39, 0.29) is 24.3 Å². The third kappa shape index (κ3) is 3.55. The van der Waals surface area contributed by atoms with E-state index in [1.807, 2.05) is 30.3 Å². The second-order valence-electron chi connectivity index (χ2n) is 6.46. The van der Waals surface area contributed by atoms with Crippen LogP contribution in [0, 0.1) is 5.92 Å². The fourth-order valence-corrected chi connectivity index (χ4v) is 3.36. The van der Waals surface area contributed by atoms with Gasteiger partial charge >= 0.3 is 5.97 Å². The molecule has 1 N–H and O–H groups in total. The van der Waals surface area contributed by atoms with Crippen LogP contribution in [0.5, 0.6) is 0 Å². The minimum Gasteiger partial charge on any atom is -0.481 e. The molecule has 2 unspecified atom stereocenters. The lowest BCUT2D eigenvalue weighted by Gasteiger charge is -2.28. The predicted octanol–water partition coefficient (Wildman–Crippen LogP) is 1.49. The van der Waals surface area contributed by atoms with Crippen molar-refractivity contribution in [3.8, 4) is 0 Å². The zero-order valence-electron chi connectivity index (χ0n) is 14.1. The van der Waals surface area contributed by atoms with Gasteiger partial charge in [-0.05, 0) is 18.9 Å². The van der Waals surface area contributed by atoms with E-state index in [0.29, 0.717) is 31.6 Å². The summed E-state index contributed by atoms with van der Waals surface area (Å²) in [5.74, 6) is -1.80. The first kappa shape index (κ1) is 17.1. The van der Waals surface area contributed by atoms with Crippen LogP contribution in [0.1, 0.15) is 31.7 Å². The molecule has 132 valence electrons. The van der Waals surface area contributed by atoms with E-state index in [1.165, 1.54) is 5.01 Å². The molecule has 0 spiro atoms. The molecule has 0 radical (unpaired) electrons. The number of hydrogen-bond acceptors (Lipinski definition) is 4. The van der Waals surface area contributed by atoms with E-state index >= 15 is 0 Å². The number of hydrazone groups is 1. The fraction of sp³-hybridized carbons (Fsp3) is 0.444. The van der Waals surface area contributed by atoms with Gasteiger partial charge in [-0.2, -0.15) is 5.10 Å². The van der Waals surface area contributed by atoms with Crippen LogP contribution in [0.15, 0.2) is 35.4 Å². The number of amides is 2. The van der Waals surface area contributed by atoms with E-state index in [0.717, 1.165) is 5.56 Å². The Labute approximate surface area is 145 Å². The zero-order valence-corrected chi connectivity index (χ0v) is 14.1. The Kier molecular flexibility index (Phi) is 4.83. The van der Waals surface area contributed by atoms with Crippen molar-refractivity contribution >= 4 is 23.5 Å². The largest absolute Gasteiger partial charge is 0.481 e. The summed E-state index contributed by atoms with van der Waals surface area (Å²) in [6.45, 7) is 2.48. The lowest BCUT2D eigenvalue weighted by atomic mass is 10.0. The number of aliphatic carboxylic acids is 1. The summed E-state index contributed by atoms with van der Waals surface area (Å²) in [7, 11) is 0. The first-order valence-electron chi connectivity index (χ1n) is 8.43. The van der Waals surface area contributed by atoms with Crippen molar-refractivity contribution in [3.05, 3.63) is 35.9 Å². The number of carboxylic acid groups (broad SMARTS) is 1. The minimum absolute atomic E-state index is 0.113. The second kappa shape index (κ2) is 7.04. The maximum atomic E-state index is 12.7. The standard InChI is InChI=1S/C18H21N3O4/c1-12-14(18(24)25)9-10-20(12)17(23)15-7-8-16(22)21(19-15)11-13-5-3-2-4-6-13/h2-6,12,14H,7-11H2,1H3,(H,24,25). The highest BCUT2D eigenvalue weighted by Crippen LogP contribution is 2.26. The van der Waals surface area contributed by atoms with E-state index < -0.39 is 11.9 Å². The summed E-state index contributed by atoms with van der Waals surface area (Å²) in [5, 5.41) is 14.8. The van der Waals surface area contributed by atoms with Gasteiger partial charge < -0.3 is 10.0 Å². The Morgan fingerprint density at radius 2 is 1.96 bits per heavy atom. The third-order valence-electron chi connectivity index (χ3n) is 4.86. The highest BCUT2D eigenvalue weighted by Gasteiger charge is 2.40. The quantitative estimate of drug-likeness (QED) is 0.897. The van der Waals surface area contributed by atoms with Gasteiger partial charge in [-0.25, -0.2) is 5.01 Å². The number of benzene rings is 1. The first-order chi connectivity index (χ1) is 12.0. The summed E-state index contributed by atoms with van der Waals surface area (Å²) < 4.78 is 0. The molecule has 2 aliphatic rings. The number of hydrogen-bond donors (Lipinski definition) is 1. The van der Waals surface area contributed by atoms with Crippen LogP contribution in [0.2, 0.25) is 0 Å². The molecule has 1 aromatic carbocycles. The minimum atomic E-state index is -0.880. The molecular weight excluding hydrogens is 322 g/mol. The van der Waals surface area contributed by atoms with Crippen LogP contribution < -0.4 is 0 Å². The molecule has 0 aliphatic carbocycles. The van der Waals surface area contributed by atoms with Gasteiger partial charge in [0.2, 0.25) is 5.91 Å². The van der Waals surface area contributed by atoms with Crippen molar-refractivity contribution < 1.29 is 19.5 Å². The third-order valence-corrected chi connectivity index (χ3v) is 4.86. The van der Waals surface area contributed by atoms with Crippen LogP contribution in [-0.4, -0.2) is 51.1 Å². The molecule has 7 nitrogen and oxygen atoms in total. The average Bonchev–Trinajstić information content (AvgIpc) is 2.99. The van der Waals surface area contributed by atoms with Crippen molar-refractivity contribution in [2.24, 2.45) is 11.0 Å². The van der Waals surface area contributed by atoms with Crippen molar-refractivity contribution in [1.82, 2.24) is 9.91 Å². The topological polar surface area (TPSA) is 90.3 Å². The molecule has 7 heteroatoms. The molecule has 2 aliphatic heterocycles. The average molecular weight is 343 g/mol. The Balaban J connectivity index is 1.75. The number of nitrogens with zero attached hydrogens (tertiary/aromatic N) is 3. The summed E-state index contributed by atoms with van der Waals surface area (Å²) in [6, 6.07) is 9.10. The number of carbonyl (C=O) groups excluding carboxylic acids is 2. The smallest absolute Gasteiger partial charge is 0.308 e. The van der Waals surface area contributed by atoms with Crippen LogP contribution in [0.25, 0.3) is 0 Å². The Hall–Kier alpha value is -2.70. The maximum Gasteiger partial charge on any atom is 0.308 e.